The first-order valence-corrected chi connectivity index (χ1v) is 8.73. The van der Waals surface area contributed by atoms with Crippen molar-refractivity contribution in [1.82, 2.24) is 10.3 Å². The number of nitrogens with one attached hydrogen (secondary N) is 3. The zero-order valence-corrected chi connectivity index (χ0v) is 15.6. The molecule has 28 heavy (non-hydrogen) atoms. The molecule has 142 valence electrons. The summed E-state index contributed by atoms with van der Waals surface area (Å²) < 4.78 is 0. The number of fused-ring (bicyclic) bond motifs is 1. The van der Waals surface area contributed by atoms with E-state index in [-0.39, 0.29) is 22.9 Å². The summed E-state index contributed by atoms with van der Waals surface area (Å²) in [5, 5.41) is 5.58. The highest BCUT2D eigenvalue weighted by molar-refractivity contribution is 6.34. The molecule has 8 heteroatoms. The topological polar surface area (TPSA) is 108 Å². The summed E-state index contributed by atoms with van der Waals surface area (Å²) in [6, 6.07) is 11.3. The minimum absolute atomic E-state index is 0.0830. The highest BCUT2D eigenvalue weighted by Gasteiger charge is 2.14. The Bertz CT molecular complexity index is 1150. The number of ketones is 1. The van der Waals surface area contributed by atoms with Gasteiger partial charge in [-0.2, -0.15) is 0 Å². The molecule has 2 aromatic carbocycles. The highest BCUT2D eigenvalue weighted by atomic mass is 35.5. The lowest BCUT2D eigenvalue weighted by Crippen LogP contribution is -2.35. The number of rotatable bonds is 5. The van der Waals surface area contributed by atoms with Crippen LogP contribution in [0.3, 0.4) is 0 Å². The summed E-state index contributed by atoms with van der Waals surface area (Å²) in [7, 11) is 0. The number of carbonyl (C=O) groups is 3. The van der Waals surface area contributed by atoms with E-state index in [1.807, 2.05) is 0 Å². The van der Waals surface area contributed by atoms with Gasteiger partial charge in [-0.1, -0.05) is 23.7 Å². The smallest absolute Gasteiger partial charge is 0.257 e. The number of pyridine rings is 1. The van der Waals surface area contributed by atoms with Crippen LogP contribution in [0.1, 0.15) is 27.6 Å². The number of hydrogen-bond acceptors (Lipinski definition) is 4. The molecule has 0 aliphatic heterocycles. The lowest BCUT2D eigenvalue weighted by molar-refractivity contribution is -0.115. The van der Waals surface area contributed by atoms with Crippen molar-refractivity contribution in [3.05, 3.63) is 75.0 Å². The minimum atomic E-state index is -0.660. The van der Waals surface area contributed by atoms with Crippen LogP contribution in [0.4, 0.5) is 5.69 Å². The standard InChI is InChI=1S/C20H16ClN3O4/c1-11(25)13-7-6-12(8-16(13)21)24-18(26)10-23-20(28)15-9-22-17-5-3-2-4-14(17)19(15)27/h2-9H,10H2,1H3,(H,22,27)(H,23,28)(H,24,26). The third-order valence-corrected chi connectivity index (χ3v) is 4.39. The molecule has 0 aliphatic carbocycles. The molecule has 0 saturated carbocycles. The molecule has 0 unspecified atom stereocenters. The van der Waals surface area contributed by atoms with E-state index in [4.69, 9.17) is 11.6 Å². The molecule has 0 atom stereocenters. The Morgan fingerprint density at radius 3 is 2.54 bits per heavy atom. The molecule has 3 aromatic rings. The minimum Gasteiger partial charge on any atom is -0.360 e. The van der Waals surface area contributed by atoms with Crippen LogP contribution in [0.5, 0.6) is 0 Å². The molecule has 0 fully saturated rings. The lowest BCUT2D eigenvalue weighted by Gasteiger charge is -2.09. The first kappa shape index (κ1) is 19.3. The Kier molecular flexibility index (Phi) is 5.56. The van der Waals surface area contributed by atoms with Gasteiger partial charge >= 0.3 is 0 Å². The quantitative estimate of drug-likeness (QED) is 0.575. The SMILES string of the molecule is CC(=O)c1ccc(NC(=O)CNC(=O)c2c[nH]c3ccccc3c2=O)cc1Cl. The number of aromatic nitrogens is 1. The van der Waals surface area contributed by atoms with Crippen molar-refractivity contribution in [3.8, 4) is 0 Å². The number of carbonyl (C=O) groups excluding carboxylic acids is 3. The number of anilines is 1. The van der Waals surface area contributed by atoms with Crippen LogP contribution < -0.4 is 16.1 Å². The Morgan fingerprint density at radius 2 is 1.82 bits per heavy atom. The second-order valence-electron chi connectivity index (χ2n) is 6.06. The van der Waals surface area contributed by atoms with Gasteiger partial charge in [0.25, 0.3) is 5.91 Å². The van der Waals surface area contributed by atoms with Crippen LogP contribution in [-0.2, 0) is 4.79 Å². The number of benzene rings is 2. The molecule has 0 radical (unpaired) electrons. The number of para-hydroxylation sites is 1. The summed E-state index contributed by atoms with van der Waals surface area (Å²) in [4.78, 5) is 51.0. The maximum atomic E-state index is 12.4. The van der Waals surface area contributed by atoms with Crippen molar-refractivity contribution in [3.63, 3.8) is 0 Å². The zero-order valence-electron chi connectivity index (χ0n) is 14.8. The summed E-state index contributed by atoms with van der Waals surface area (Å²) in [6.07, 6.45) is 1.32. The third kappa shape index (κ3) is 4.10. The van der Waals surface area contributed by atoms with E-state index in [1.54, 1.807) is 24.3 Å². The molecule has 2 amide bonds. The summed E-state index contributed by atoms with van der Waals surface area (Å²) >= 11 is 6.00. The number of hydrogen-bond donors (Lipinski definition) is 3. The van der Waals surface area contributed by atoms with Gasteiger partial charge in [-0.05, 0) is 37.3 Å². The van der Waals surface area contributed by atoms with Crippen molar-refractivity contribution >= 4 is 45.8 Å². The van der Waals surface area contributed by atoms with E-state index in [0.717, 1.165) is 0 Å². The number of H-pyrrole nitrogens is 1. The second-order valence-corrected chi connectivity index (χ2v) is 6.47. The van der Waals surface area contributed by atoms with Crippen molar-refractivity contribution in [2.24, 2.45) is 0 Å². The van der Waals surface area contributed by atoms with E-state index >= 15 is 0 Å². The van der Waals surface area contributed by atoms with Gasteiger partial charge in [0.2, 0.25) is 11.3 Å². The molecule has 1 aromatic heterocycles. The molecule has 0 saturated heterocycles. The first-order chi connectivity index (χ1) is 13.4. The number of Topliss-reactive ketones (excluding diaryl/α,β-unsaturated/α-hetero) is 1. The Labute approximate surface area is 164 Å². The molecule has 0 bridgehead atoms. The normalized spacial score (nSPS) is 10.5. The summed E-state index contributed by atoms with van der Waals surface area (Å²) in [5.41, 5.74) is 0.855. The summed E-state index contributed by atoms with van der Waals surface area (Å²) in [6.45, 7) is 1.06. The van der Waals surface area contributed by atoms with E-state index in [2.05, 4.69) is 15.6 Å². The van der Waals surface area contributed by atoms with Crippen LogP contribution in [0.15, 0.2) is 53.5 Å². The number of amides is 2. The largest absolute Gasteiger partial charge is 0.360 e. The van der Waals surface area contributed by atoms with Gasteiger partial charge in [-0.25, -0.2) is 0 Å². The molecule has 3 N–H and O–H groups in total. The van der Waals surface area contributed by atoms with Gasteiger partial charge in [0.05, 0.1) is 11.6 Å². The Balaban J connectivity index is 1.66. The molecule has 1 heterocycles. The molecular weight excluding hydrogens is 382 g/mol. The van der Waals surface area contributed by atoms with Gasteiger partial charge in [0, 0.05) is 28.4 Å². The van der Waals surface area contributed by atoms with Gasteiger partial charge in [0.1, 0.15) is 5.56 Å². The van der Waals surface area contributed by atoms with Crippen LogP contribution in [-0.4, -0.2) is 29.1 Å². The predicted octanol–water partition coefficient (Wildman–Crippen LogP) is 2.75. The van der Waals surface area contributed by atoms with E-state index in [9.17, 15) is 19.2 Å². The third-order valence-electron chi connectivity index (χ3n) is 4.07. The molecule has 7 nitrogen and oxygen atoms in total. The molecular formula is C20H16ClN3O4. The van der Waals surface area contributed by atoms with Gasteiger partial charge < -0.3 is 15.6 Å². The number of aromatic amines is 1. The first-order valence-electron chi connectivity index (χ1n) is 8.36. The highest BCUT2D eigenvalue weighted by Crippen LogP contribution is 2.21. The fourth-order valence-corrected chi connectivity index (χ4v) is 2.99. The zero-order chi connectivity index (χ0) is 20.3. The predicted molar refractivity (Wildman–Crippen MR) is 107 cm³/mol. The average Bonchev–Trinajstić information content (AvgIpc) is 2.66. The van der Waals surface area contributed by atoms with Crippen LogP contribution in [0.25, 0.3) is 10.9 Å². The monoisotopic (exact) mass is 397 g/mol. The lowest BCUT2D eigenvalue weighted by atomic mass is 10.1. The van der Waals surface area contributed by atoms with Crippen molar-refractivity contribution in [2.45, 2.75) is 6.92 Å². The maximum Gasteiger partial charge on any atom is 0.257 e. The van der Waals surface area contributed by atoms with Crippen molar-refractivity contribution < 1.29 is 14.4 Å². The van der Waals surface area contributed by atoms with E-state index in [1.165, 1.54) is 31.3 Å². The Hall–Kier alpha value is -3.45. The Morgan fingerprint density at radius 1 is 1.07 bits per heavy atom. The van der Waals surface area contributed by atoms with Crippen molar-refractivity contribution in [2.75, 3.05) is 11.9 Å². The van der Waals surface area contributed by atoms with Crippen LogP contribution in [0.2, 0.25) is 5.02 Å². The van der Waals surface area contributed by atoms with Gasteiger partial charge in [-0.15, -0.1) is 0 Å². The summed E-state index contributed by atoms with van der Waals surface area (Å²) in [5.74, 6) is -1.35. The fourth-order valence-electron chi connectivity index (χ4n) is 2.68. The second kappa shape index (κ2) is 8.06. The number of halogens is 1. The molecule has 0 aliphatic rings. The van der Waals surface area contributed by atoms with Gasteiger partial charge in [0.15, 0.2) is 5.78 Å². The van der Waals surface area contributed by atoms with Crippen LogP contribution in [0, 0.1) is 0 Å². The van der Waals surface area contributed by atoms with Gasteiger partial charge in [-0.3, -0.25) is 19.2 Å². The van der Waals surface area contributed by atoms with E-state index < -0.39 is 17.2 Å². The van der Waals surface area contributed by atoms with Crippen molar-refractivity contribution in [1.29, 1.82) is 0 Å². The fraction of sp³-hybridized carbons (Fsp3) is 0.100. The molecule has 0 spiro atoms. The molecule has 3 rings (SSSR count). The average molecular weight is 398 g/mol. The van der Waals surface area contributed by atoms with E-state index in [0.29, 0.717) is 22.2 Å². The maximum absolute atomic E-state index is 12.4. The van der Waals surface area contributed by atoms with Crippen LogP contribution >= 0.6 is 11.6 Å².